The number of carbonyl (C=O) groups is 2. The van der Waals surface area contributed by atoms with Crippen molar-refractivity contribution in [1.82, 2.24) is 10.3 Å². The average Bonchev–Trinajstić information content (AvgIpc) is 2.96. The van der Waals surface area contributed by atoms with Crippen LogP contribution in [-0.2, 0) is 11.2 Å². The Bertz CT molecular complexity index is 515. The van der Waals surface area contributed by atoms with Crippen LogP contribution < -0.4 is 10.6 Å². The molecule has 6 nitrogen and oxygen atoms in total. The molecule has 3 N–H and O–H groups in total. The van der Waals surface area contributed by atoms with E-state index in [1.54, 1.807) is 0 Å². The van der Waals surface area contributed by atoms with Gasteiger partial charge in [0.15, 0.2) is 5.13 Å². The van der Waals surface area contributed by atoms with E-state index in [-0.39, 0.29) is 18.0 Å². The van der Waals surface area contributed by atoms with Gasteiger partial charge in [0.2, 0.25) is 0 Å². The molecule has 1 aromatic rings. The molecule has 20 heavy (non-hydrogen) atoms. The maximum atomic E-state index is 11.9. The van der Waals surface area contributed by atoms with Crippen LogP contribution in [0, 0.1) is 12.8 Å². The lowest BCUT2D eigenvalue weighted by Crippen LogP contribution is -2.36. The lowest BCUT2D eigenvalue weighted by Gasteiger charge is -2.12. The van der Waals surface area contributed by atoms with Crippen LogP contribution in [0.4, 0.5) is 9.93 Å². The fourth-order valence-corrected chi connectivity index (χ4v) is 3.36. The molecule has 2 unspecified atom stereocenters. The second-order valence-electron chi connectivity index (χ2n) is 5.02. The van der Waals surface area contributed by atoms with Crippen molar-refractivity contribution in [2.75, 3.05) is 5.32 Å². The van der Waals surface area contributed by atoms with Gasteiger partial charge in [0.05, 0.1) is 11.6 Å². The molecule has 7 heteroatoms. The number of hydrogen-bond donors (Lipinski definition) is 3. The second kappa shape index (κ2) is 6.21. The van der Waals surface area contributed by atoms with Gasteiger partial charge in [-0.15, -0.1) is 11.3 Å². The standard InChI is InChI=1S/C13H19N3O3S/c1-3-10-7(2)20-13(15-10)16-12(19)14-9-5-4-8(6-9)11(17)18/h8-9H,3-6H2,1-2H3,(H,17,18)(H2,14,15,16,19). The summed E-state index contributed by atoms with van der Waals surface area (Å²) in [5, 5.41) is 15.0. The van der Waals surface area contributed by atoms with E-state index in [1.807, 2.05) is 13.8 Å². The number of thiazole rings is 1. The summed E-state index contributed by atoms with van der Waals surface area (Å²) >= 11 is 1.45. The van der Waals surface area contributed by atoms with E-state index in [0.29, 0.717) is 24.4 Å². The fourth-order valence-electron chi connectivity index (χ4n) is 2.47. The molecular formula is C13H19N3O3S. The largest absolute Gasteiger partial charge is 0.481 e. The van der Waals surface area contributed by atoms with Crippen molar-refractivity contribution in [2.24, 2.45) is 5.92 Å². The molecule has 1 fully saturated rings. The van der Waals surface area contributed by atoms with Crippen molar-refractivity contribution in [1.29, 1.82) is 0 Å². The molecule has 1 aliphatic carbocycles. The highest BCUT2D eigenvalue weighted by molar-refractivity contribution is 7.15. The number of anilines is 1. The van der Waals surface area contributed by atoms with E-state index in [1.165, 1.54) is 11.3 Å². The lowest BCUT2D eigenvalue weighted by atomic mass is 10.1. The third-order valence-corrected chi connectivity index (χ3v) is 4.49. The Balaban J connectivity index is 1.85. The van der Waals surface area contributed by atoms with Gasteiger partial charge in [-0.2, -0.15) is 0 Å². The summed E-state index contributed by atoms with van der Waals surface area (Å²) in [5.41, 5.74) is 0.997. The van der Waals surface area contributed by atoms with Crippen LogP contribution in [0.5, 0.6) is 0 Å². The van der Waals surface area contributed by atoms with Crippen molar-refractivity contribution < 1.29 is 14.7 Å². The first-order valence-corrected chi connectivity index (χ1v) is 7.57. The number of rotatable bonds is 4. The Morgan fingerprint density at radius 2 is 2.20 bits per heavy atom. The van der Waals surface area contributed by atoms with Crippen LogP contribution in [0.1, 0.15) is 36.8 Å². The third-order valence-electron chi connectivity index (χ3n) is 3.57. The first kappa shape index (κ1) is 14.8. The van der Waals surface area contributed by atoms with Gasteiger partial charge < -0.3 is 10.4 Å². The predicted octanol–water partition coefficient (Wildman–Crippen LogP) is 2.39. The van der Waals surface area contributed by atoms with Crippen LogP contribution in [0.2, 0.25) is 0 Å². The molecule has 1 aliphatic rings. The van der Waals surface area contributed by atoms with Crippen molar-refractivity contribution in [2.45, 2.75) is 45.6 Å². The Hall–Kier alpha value is -1.63. The Kier molecular flexibility index (Phi) is 4.59. The number of aliphatic carboxylic acids is 1. The maximum absolute atomic E-state index is 11.9. The van der Waals surface area contributed by atoms with E-state index >= 15 is 0 Å². The predicted molar refractivity (Wildman–Crippen MR) is 77.1 cm³/mol. The minimum atomic E-state index is -0.780. The van der Waals surface area contributed by atoms with Crippen molar-refractivity contribution in [3.63, 3.8) is 0 Å². The summed E-state index contributed by atoms with van der Waals surface area (Å²) in [4.78, 5) is 28.2. The second-order valence-corrected chi connectivity index (χ2v) is 6.22. The summed E-state index contributed by atoms with van der Waals surface area (Å²) in [6.07, 6.45) is 2.67. The normalized spacial score (nSPS) is 21.7. The summed E-state index contributed by atoms with van der Waals surface area (Å²) in [6.45, 7) is 4.00. The Labute approximate surface area is 121 Å². The van der Waals surface area contributed by atoms with Gasteiger partial charge in [-0.3, -0.25) is 10.1 Å². The molecule has 1 saturated carbocycles. The Morgan fingerprint density at radius 3 is 2.75 bits per heavy atom. The van der Waals surface area contributed by atoms with Crippen LogP contribution >= 0.6 is 11.3 Å². The van der Waals surface area contributed by atoms with Gasteiger partial charge in [-0.25, -0.2) is 9.78 Å². The molecule has 2 rings (SSSR count). The zero-order valence-electron chi connectivity index (χ0n) is 11.6. The molecule has 1 aromatic heterocycles. The molecule has 0 aliphatic heterocycles. The van der Waals surface area contributed by atoms with E-state index in [9.17, 15) is 9.59 Å². The first-order chi connectivity index (χ1) is 9.49. The summed E-state index contributed by atoms with van der Waals surface area (Å²) < 4.78 is 0. The number of nitrogens with zero attached hydrogens (tertiary/aromatic N) is 1. The number of aryl methyl sites for hydroxylation is 2. The SMILES string of the molecule is CCc1nc(NC(=O)NC2CCC(C(=O)O)C2)sc1C. The van der Waals surface area contributed by atoms with Crippen molar-refractivity contribution in [3.05, 3.63) is 10.6 Å². The molecule has 0 aromatic carbocycles. The number of aromatic nitrogens is 1. The molecule has 2 amide bonds. The maximum Gasteiger partial charge on any atom is 0.321 e. The van der Waals surface area contributed by atoms with E-state index < -0.39 is 5.97 Å². The number of hydrogen-bond acceptors (Lipinski definition) is 4. The summed E-state index contributed by atoms with van der Waals surface area (Å²) in [5.74, 6) is -1.12. The zero-order valence-corrected chi connectivity index (χ0v) is 12.4. The molecule has 110 valence electrons. The molecular weight excluding hydrogens is 278 g/mol. The van der Waals surface area contributed by atoms with Crippen LogP contribution in [0.3, 0.4) is 0 Å². The number of carboxylic acids is 1. The molecule has 0 bridgehead atoms. The Morgan fingerprint density at radius 1 is 1.45 bits per heavy atom. The summed E-state index contributed by atoms with van der Waals surface area (Å²) in [6, 6.07) is -0.375. The number of urea groups is 1. The quantitative estimate of drug-likeness (QED) is 0.795. The van der Waals surface area contributed by atoms with E-state index in [2.05, 4.69) is 15.6 Å². The molecule has 2 atom stereocenters. The molecule has 0 radical (unpaired) electrons. The number of amides is 2. The minimum Gasteiger partial charge on any atom is -0.481 e. The average molecular weight is 297 g/mol. The number of nitrogens with one attached hydrogen (secondary N) is 2. The van der Waals surface area contributed by atoms with Gasteiger partial charge in [0.25, 0.3) is 0 Å². The van der Waals surface area contributed by atoms with E-state index in [0.717, 1.165) is 17.0 Å². The number of carboxylic acid groups (broad SMARTS) is 1. The highest BCUT2D eigenvalue weighted by Gasteiger charge is 2.30. The third kappa shape index (κ3) is 3.47. The lowest BCUT2D eigenvalue weighted by molar-refractivity contribution is -0.141. The highest BCUT2D eigenvalue weighted by Crippen LogP contribution is 2.26. The molecule has 1 heterocycles. The first-order valence-electron chi connectivity index (χ1n) is 6.76. The van der Waals surface area contributed by atoms with Gasteiger partial charge >= 0.3 is 12.0 Å². The number of carbonyl (C=O) groups excluding carboxylic acids is 1. The molecule has 0 saturated heterocycles. The van der Waals surface area contributed by atoms with Crippen molar-refractivity contribution >= 4 is 28.5 Å². The molecule has 0 spiro atoms. The monoisotopic (exact) mass is 297 g/mol. The zero-order chi connectivity index (χ0) is 14.7. The minimum absolute atomic E-state index is 0.0668. The van der Waals surface area contributed by atoms with Gasteiger partial charge in [-0.1, -0.05) is 6.92 Å². The van der Waals surface area contributed by atoms with Crippen LogP contribution in [0.25, 0.3) is 0 Å². The van der Waals surface area contributed by atoms with E-state index in [4.69, 9.17) is 5.11 Å². The van der Waals surface area contributed by atoms with Crippen molar-refractivity contribution in [3.8, 4) is 0 Å². The topological polar surface area (TPSA) is 91.3 Å². The van der Waals surface area contributed by atoms with Crippen LogP contribution in [0.15, 0.2) is 0 Å². The van der Waals surface area contributed by atoms with Gasteiger partial charge in [0, 0.05) is 10.9 Å². The van der Waals surface area contributed by atoms with Gasteiger partial charge in [0.1, 0.15) is 0 Å². The summed E-state index contributed by atoms with van der Waals surface area (Å²) in [7, 11) is 0. The van der Waals surface area contributed by atoms with Crippen LogP contribution in [-0.4, -0.2) is 28.1 Å². The highest BCUT2D eigenvalue weighted by atomic mass is 32.1. The fraction of sp³-hybridized carbons (Fsp3) is 0.615. The van der Waals surface area contributed by atoms with Gasteiger partial charge in [-0.05, 0) is 32.6 Å². The smallest absolute Gasteiger partial charge is 0.321 e.